The molecule has 0 aliphatic heterocycles. The van der Waals surface area contributed by atoms with E-state index < -0.39 is 20.7 Å². The number of hydrogen-bond acceptors (Lipinski definition) is 1. The molecule has 17 heavy (non-hydrogen) atoms. The molecule has 0 amide bonds. The van der Waals surface area contributed by atoms with Gasteiger partial charge in [-0.25, -0.2) is 0 Å². The van der Waals surface area contributed by atoms with Crippen molar-refractivity contribution in [3.63, 3.8) is 0 Å². The van der Waals surface area contributed by atoms with Gasteiger partial charge in [-0.05, 0) is 11.7 Å². The first kappa shape index (κ1) is 17.0. The summed E-state index contributed by atoms with van der Waals surface area (Å²) in [6, 6.07) is 0. The Kier molecular flexibility index (Phi) is 5.31. The lowest BCUT2D eigenvalue weighted by Gasteiger charge is -2.47. The van der Waals surface area contributed by atoms with Gasteiger partial charge in [-0.15, -0.1) is 12.1 Å². The second-order valence-electron chi connectivity index (χ2n) is 5.80. The van der Waals surface area contributed by atoms with Crippen molar-refractivity contribution in [1.82, 2.24) is 4.57 Å². The Balaban J connectivity index is 5.07. The SMILES string of the molecule is C=C(CN(C(C)(C)[Si]C)[Si](C)(C)C)[B-](F)(F)F. The van der Waals surface area contributed by atoms with E-state index >= 15 is 0 Å². The highest BCUT2D eigenvalue weighted by atomic mass is 28.3. The summed E-state index contributed by atoms with van der Waals surface area (Å²) >= 11 is 0. The molecule has 0 rings (SSSR count). The Morgan fingerprint density at radius 1 is 1.29 bits per heavy atom. The molecule has 0 aromatic heterocycles. The molecule has 7 heteroatoms. The summed E-state index contributed by atoms with van der Waals surface area (Å²) in [4.78, 5) is 0. The standard InChI is InChI=1S/C10H22BF3NSi2/c1-9(11(12,13)14)8-15(17(5,6)7)10(2,3)16-4/h1,8H2,2-7H3/q-1. The van der Waals surface area contributed by atoms with Crippen molar-refractivity contribution in [1.29, 1.82) is 0 Å². The van der Waals surface area contributed by atoms with Gasteiger partial charge in [0.25, 0.3) is 0 Å². The predicted octanol–water partition coefficient (Wildman–Crippen LogP) is 3.55. The second-order valence-corrected chi connectivity index (χ2v) is 12.4. The van der Waals surface area contributed by atoms with Gasteiger partial charge < -0.3 is 17.5 Å². The lowest BCUT2D eigenvalue weighted by atomic mass is 9.80. The maximum atomic E-state index is 12.6. The maximum Gasteiger partial charge on any atom is 0.506 e. The molecule has 100 valence electrons. The van der Waals surface area contributed by atoms with E-state index in [1.165, 1.54) is 0 Å². The number of rotatable bonds is 6. The van der Waals surface area contributed by atoms with E-state index in [0.29, 0.717) is 9.52 Å². The van der Waals surface area contributed by atoms with Crippen molar-refractivity contribution in [3.05, 3.63) is 12.1 Å². The summed E-state index contributed by atoms with van der Waals surface area (Å²) in [7, 11) is -1.21. The fourth-order valence-corrected chi connectivity index (χ4v) is 5.76. The fourth-order valence-electron chi connectivity index (χ4n) is 1.71. The molecule has 0 aliphatic rings. The van der Waals surface area contributed by atoms with Crippen molar-refractivity contribution >= 4 is 24.7 Å². The predicted molar refractivity (Wildman–Crippen MR) is 74.0 cm³/mol. The van der Waals surface area contributed by atoms with Gasteiger partial charge in [-0.2, -0.15) is 0 Å². The van der Waals surface area contributed by atoms with E-state index in [2.05, 4.69) is 26.2 Å². The van der Waals surface area contributed by atoms with Crippen LogP contribution in [0.3, 0.4) is 0 Å². The Morgan fingerprint density at radius 3 is 1.94 bits per heavy atom. The molecule has 0 atom stereocenters. The minimum atomic E-state index is -4.92. The van der Waals surface area contributed by atoms with Gasteiger partial charge in [-0.3, -0.25) is 0 Å². The topological polar surface area (TPSA) is 3.24 Å². The quantitative estimate of drug-likeness (QED) is 0.672. The van der Waals surface area contributed by atoms with E-state index in [-0.39, 0.29) is 11.7 Å². The van der Waals surface area contributed by atoms with Crippen LogP contribution in [-0.2, 0) is 0 Å². The fraction of sp³-hybridized carbons (Fsp3) is 0.800. The first-order valence-corrected chi connectivity index (χ1v) is 10.6. The molecule has 0 unspecified atom stereocenters. The third-order valence-corrected chi connectivity index (χ3v) is 6.97. The first-order chi connectivity index (χ1) is 7.32. The largest absolute Gasteiger partial charge is 0.506 e. The van der Waals surface area contributed by atoms with Crippen LogP contribution in [0.15, 0.2) is 12.1 Å². The minimum absolute atomic E-state index is 0.0485. The summed E-state index contributed by atoms with van der Waals surface area (Å²) in [6.07, 6.45) is 0. The van der Waals surface area contributed by atoms with Crippen molar-refractivity contribution in [3.8, 4) is 0 Å². The molecule has 2 radical (unpaired) electrons. The third kappa shape index (κ3) is 5.01. The van der Waals surface area contributed by atoms with Gasteiger partial charge in [0.05, 0.1) is 9.52 Å². The van der Waals surface area contributed by atoms with E-state index in [0.717, 1.165) is 0 Å². The van der Waals surface area contributed by atoms with E-state index in [4.69, 9.17) is 0 Å². The van der Waals surface area contributed by atoms with Crippen LogP contribution in [-0.4, -0.2) is 41.0 Å². The van der Waals surface area contributed by atoms with Crippen molar-refractivity contribution in [2.24, 2.45) is 0 Å². The van der Waals surface area contributed by atoms with Crippen LogP contribution >= 0.6 is 0 Å². The average Bonchev–Trinajstić information content (AvgIpc) is 2.09. The molecule has 0 N–H and O–H groups in total. The van der Waals surface area contributed by atoms with Gasteiger partial charge >= 0.3 is 6.98 Å². The van der Waals surface area contributed by atoms with Crippen LogP contribution in [0.1, 0.15) is 13.8 Å². The molecule has 0 saturated carbocycles. The third-order valence-electron chi connectivity index (χ3n) is 2.92. The Hall–Kier alpha value is -0.0113. The number of halogens is 3. The van der Waals surface area contributed by atoms with Crippen LogP contribution in [0.5, 0.6) is 0 Å². The summed E-state index contributed by atoms with van der Waals surface area (Å²) in [5, 5.41) is -0.186. The van der Waals surface area contributed by atoms with Crippen molar-refractivity contribution < 1.29 is 12.9 Å². The van der Waals surface area contributed by atoms with Gasteiger partial charge in [0.1, 0.15) is 8.24 Å². The van der Waals surface area contributed by atoms with Crippen molar-refractivity contribution in [2.75, 3.05) is 6.54 Å². The smallest absolute Gasteiger partial charge is 0.445 e. The molecule has 0 saturated heterocycles. The minimum Gasteiger partial charge on any atom is -0.445 e. The van der Waals surface area contributed by atoms with E-state index in [1.54, 1.807) is 0 Å². The van der Waals surface area contributed by atoms with Gasteiger partial charge in [-0.1, -0.05) is 40.0 Å². The molecule has 0 fully saturated rings. The van der Waals surface area contributed by atoms with E-state index in [9.17, 15) is 12.9 Å². The summed E-state index contributed by atoms with van der Waals surface area (Å²) < 4.78 is 40.0. The van der Waals surface area contributed by atoms with Crippen LogP contribution in [0.2, 0.25) is 26.2 Å². The summed E-state index contributed by atoms with van der Waals surface area (Å²) in [5.41, 5.74) is -0.584. The highest BCUT2D eigenvalue weighted by Crippen LogP contribution is 2.27. The van der Waals surface area contributed by atoms with Gasteiger partial charge in [0.15, 0.2) is 0 Å². The molecular formula is C10H22BF3NSi2-. The molecule has 0 heterocycles. The first-order valence-electron chi connectivity index (χ1n) is 5.66. The zero-order chi connectivity index (χ0) is 14.1. The Morgan fingerprint density at radius 2 is 1.71 bits per heavy atom. The lowest BCUT2D eigenvalue weighted by molar-refractivity contribution is 0.327. The monoisotopic (exact) mass is 280 g/mol. The summed E-state index contributed by atoms with van der Waals surface area (Å²) in [6.45, 7) is 10.5. The molecule has 0 bridgehead atoms. The normalized spacial score (nSPS) is 14.2. The van der Waals surface area contributed by atoms with Crippen LogP contribution < -0.4 is 0 Å². The molecule has 1 nitrogen and oxygen atoms in total. The molecule has 0 aliphatic carbocycles. The van der Waals surface area contributed by atoms with Gasteiger partial charge in [0, 0.05) is 0 Å². The molecular weight excluding hydrogens is 258 g/mol. The summed E-state index contributed by atoms with van der Waals surface area (Å²) in [5.74, 6) is 0. The lowest BCUT2D eigenvalue weighted by Crippen LogP contribution is -2.60. The highest BCUT2D eigenvalue weighted by molar-refractivity contribution is 6.74. The van der Waals surface area contributed by atoms with Crippen molar-refractivity contribution in [2.45, 2.75) is 45.2 Å². The number of nitrogens with zero attached hydrogens (tertiary/aromatic N) is 1. The second kappa shape index (κ2) is 5.32. The maximum absolute atomic E-state index is 12.6. The van der Waals surface area contributed by atoms with Crippen LogP contribution in [0, 0.1) is 0 Å². The van der Waals surface area contributed by atoms with Crippen LogP contribution in [0.25, 0.3) is 0 Å². The molecule has 0 aromatic rings. The van der Waals surface area contributed by atoms with Crippen LogP contribution in [0.4, 0.5) is 12.9 Å². The molecule has 0 aromatic carbocycles. The zero-order valence-corrected chi connectivity index (χ0v) is 13.6. The van der Waals surface area contributed by atoms with E-state index in [1.807, 2.05) is 25.0 Å². The highest BCUT2D eigenvalue weighted by Gasteiger charge is 2.38. The van der Waals surface area contributed by atoms with Gasteiger partial charge in [0.2, 0.25) is 0 Å². The zero-order valence-electron chi connectivity index (χ0n) is 11.6. The average molecular weight is 280 g/mol. The Bertz CT molecular complexity index is 284. The molecule has 0 spiro atoms. The Labute approximate surface area is 106 Å². The number of hydrogen-bond donors (Lipinski definition) is 0.